The van der Waals surface area contributed by atoms with Gasteiger partial charge in [-0.2, -0.15) is 0 Å². The Balaban J connectivity index is 2.42. The van der Waals surface area contributed by atoms with Crippen LogP contribution < -0.4 is 9.62 Å². The SMILES string of the molecule is CC[C@H](C(=O)NC(C)C)N(Cc1ccc(F)cc1)C(=O)CN(c1ccc(Br)cc1)S(C)(=O)=O. The minimum Gasteiger partial charge on any atom is -0.352 e. The van der Waals surface area contributed by atoms with Crippen LogP contribution in [0.4, 0.5) is 10.1 Å². The van der Waals surface area contributed by atoms with Gasteiger partial charge in [0.1, 0.15) is 18.4 Å². The Labute approximate surface area is 203 Å². The molecule has 0 aromatic heterocycles. The average Bonchev–Trinajstić information content (AvgIpc) is 2.72. The predicted molar refractivity (Wildman–Crippen MR) is 131 cm³/mol. The highest BCUT2D eigenvalue weighted by atomic mass is 79.9. The molecule has 2 aromatic carbocycles. The van der Waals surface area contributed by atoms with E-state index in [0.29, 0.717) is 17.7 Å². The van der Waals surface area contributed by atoms with Crippen molar-refractivity contribution < 1.29 is 22.4 Å². The first-order chi connectivity index (χ1) is 15.4. The van der Waals surface area contributed by atoms with Gasteiger partial charge in [0.25, 0.3) is 0 Å². The summed E-state index contributed by atoms with van der Waals surface area (Å²) in [6.45, 7) is 4.96. The van der Waals surface area contributed by atoms with Crippen molar-refractivity contribution in [2.24, 2.45) is 0 Å². The van der Waals surface area contributed by atoms with Gasteiger partial charge < -0.3 is 10.2 Å². The third kappa shape index (κ3) is 7.82. The number of nitrogens with zero attached hydrogens (tertiary/aromatic N) is 2. The lowest BCUT2D eigenvalue weighted by molar-refractivity contribution is -0.140. The van der Waals surface area contributed by atoms with Crippen LogP contribution in [0.2, 0.25) is 0 Å². The van der Waals surface area contributed by atoms with Crippen LogP contribution in [0.1, 0.15) is 32.8 Å². The third-order valence-electron chi connectivity index (χ3n) is 4.88. The van der Waals surface area contributed by atoms with Crippen molar-refractivity contribution in [1.29, 1.82) is 0 Å². The highest BCUT2D eigenvalue weighted by Gasteiger charge is 2.31. The van der Waals surface area contributed by atoms with Gasteiger partial charge in [-0.1, -0.05) is 35.0 Å². The maximum atomic E-state index is 13.5. The van der Waals surface area contributed by atoms with E-state index in [0.717, 1.165) is 15.0 Å². The summed E-state index contributed by atoms with van der Waals surface area (Å²) < 4.78 is 40.2. The molecule has 7 nitrogen and oxygen atoms in total. The second-order valence-electron chi connectivity index (χ2n) is 7.98. The molecule has 0 bridgehead atoms. The summed E-state index contributed by atoms with van der Waals surface area (Å²) in [4.78, 5) is 27.7. The van der Waals surface area contributed by atoms with Crippen molar-refractivity contribution in [2.75, 3.05) is 17.1 Å². The van der Waals surface area contributed by atoms with E-state index < -0.39 is 34.3 Å². The minimum absolute atomic E-state index is 0.0288. The lowest BCUT2D eigenvalue weighted by atomic mass is 10.1. The molecule has 0 aliphatic heterocycles. The topological polar surface area (TPSA) is 86.8 Å². The standard InChI is InChI=1S/C23H29BrFN3O4S/c1-5-21(23(30)26-16(2)3)27(14-17-6-10-19(25)11-7-17)22(29)15-28(33(4,31)32)20-12-8-18(24)9-13-20/h6-13,16,21H,5,14-15H2,1-4H3,(H,26,30)/t21-/m1/s1. The monoisotopic (exact) mass is 541 g/mol. The molecule has 0 saturated heterocycles. The van der Waals surface area contributed by atoms with E-state index >= 15 is 0 Å². The molecule has 0 heterocycles. The third-order valence-corrected chi connectivity index (χ3v) is 6.55. The molecule has 0 unspecified atom stereocenters. The summed E-state index contributed by atoms with van der Waals surface area (Å²) in [5.74, 6) is -1.30. The van der Waals surface area contributed by atoms with Gasteiger partial charge in [0, 0.05) is 17.1 Å². The van der Waals surface area contributed by atoms with Gasteiger partial charge in [-0.25, -0.2) is 12.8 Å². The Kier molecular flexibility index (Phi) is 9.42. The number of amides is 2. The van der Waals surface area contributed by atoms with E-state index in [-0.39, 0.29) is 18.5 Å². The first-order valence-corrected chi connectivity index (χ1v) is 13.1. The molecular formula is C23H29BrFN3O4S. The predicted octanol–water partition coefficient (Wildman–Crippen LogP) is 3.69. The number of hydrogen-bond donors (Lipinski definition) is 1. The molecule has 33 heavy (non-hydrogen) atoms. The molecule has 2 rings (SSSR count). The zero-order chi connectivity index (χ0) is 24.8. The fourth-order valence-corrected chi connectivity index (χ4v) is 4.42. The number of benzene rings is 2. The molecule has 1 atom stereocenters. The quantitative estimate of drug-likeness (QED) is 0.497. The van der Waals surface area contributed by atoms with Crippen molar-refractivity contribution in [3.05, 3.63) is 64.4 Å². The van der Waals surface area contributed by atoms with Crippen LogP contribution >= 0.6 is 15.9 Å². The molecule has 0 aliphatic carbocycles. The normalized spacial score (nSPS) is 12.3. The molecule has 2 amide bonds. The summed E-state index contributed by atoms with van der Waals surface area (Å²) in [6.07, 6.45) is 1.35. The van der Waals surface area contributed by atoms with E-state index in [1.807, 2.05) is 13.8 Å². The van der Waals surface area contributed by atoms with Crippen molar-refractivity contribution in [1.82, 2.24) is 10.2 Å². The van der Waals surface area contributed by atoms with Gasteiger partial charge in [0.05, 0.1) is 11.9 Å². The van der Waals surface area contributed by atoms with E-state index in [4.69, 9.17) is 0 Å². The fraction of sp³-hybridized carbons (Fsp3) is 0.391. The number of anilines is 1. The first-order valence-electron chi connectivity index (χ1n) is 10.5. The number of sulfonamides is 1. The van der Waals surface area contributed by atoms with Gasteiger partial charge in [0.15, 0.2) is 0 Å². The number of nitrogens with one attached hydrogen (secondary N) is 1. The van der Waals surface area contributed by atoms with Crippen LogP contribution in [0.5, 0.6) is 0 Å². The largest absolute Gasteiger partial charge is 0.352 e. The number of hydrogen-bond acceptors (Lipinski definition) is 4. The fourth-order valence-electron chi connectivity index (χ4n) is 3.31. The number of rotatable bonds is 10. The highest BCUT2D eigenvalue weighted by molar-refractivity contribution is 9.10. The van der Waals surface area contributed by atoms with E-state index in [1.165, 1.54) is 29.2 Å². The molecular weight excluding hydrogens is 513 g/mol. The lowest BCUT2D eigenvalue weighted by Gasteiger charge is -2.33. The van der Waals surface area contributed by atoms with Crippen molar-refractivity contribution in [3.63, 3.8) is 0 Å². The summed E-state index contributed by atoms with van der Waals surface area (Å²) in [5.41, 5.74) is 0.950. The van der Waals surface area contributed by atoms with Crippen LogP contribution in [-0.2, 0) is 26.2 Å². The molecule has 180 valence electrons. The van der Waals surface area contributed by atoms with Gasteiger partial charge in [0.2, 0.25) is 21.8 Å². The minimum atomic E-state index is -3.79. The Hall–Kier alpha value is -2.46. The zero-order valence-corrected chi connectivity index (χ0v) is 21.5. The molecule has 1 N–H and O–H groups in total. The van der Waals surface area contributed by atoms with Gasteiger partial charge in [-0.05, 0) is 62.2 Å². The maximum Gasteiger partial charge on any atom is 0.244 e. The van der Waals surface area contributed by atoms with Crippen LogP contribution in [0.25, 0.3) is 0 Å². The van der Waals surface area contributed by atoms with Crippen LogP contribution in [0.3, 0.4) is 0 Å². The van der Waals surface area contributed by atoms with Crippen LogP contribution in [0, 0.1) is 5.82 Å². The first kappa shape index (κ1) is 26.8. The highest BCUT2D eigenvalue weighted by Crippen LogP contribution is 2.22. The molecule has 2 aromatic rings. The smallest absolute Gasteiger partial charge is 0.244 e. The molecule has 10 heteroatoms. The summed E-state index contributed by atoms with van der Waals surface area (Å²) in [7, 11) is -3.79. The van der Waals surface area contributed by atoms with Gasteiger partial charge >= 0.3 is 0 Å². The Morgan fingerprint density at radius 1 is 1.06 bits per heavy atom. The zero-order valence-electron chi connectivity index (χ0n) is 19.1. The number of carbonyl (C=O) groups is 2. The molecule has 0 fully saturated rings. The summed E-state index contributed by atoms with van der Waals surface area (Å²) >= 11 is 3.31. The van der Waals surface area contributed by atoms with Gasteiger partial charge in [-0.15, -0.1) is 0 Å². The summed E-state index contributed by atoms with van der Waals surface area (Å²) in [6, 6.07) is 11.2. The van der Waals surface area contributed by atoms with Crippen molar-refractivity contribution in [2.45, 2.75) is 45.8 Å². The van der Waals surface area contributed by atoms with E-state index in [9.17, 15) is 22.4 Å². The molecule has 0 aliphatic rings. The number of carbonyl (C=O) groups excluding carboxylic acids is 2. The average molecular weight is 542 g/mol. The Morgan fingerprint density at radius 3 is 2.12 bits per heavy atom. The molecule has 0 spiro atoms. The van der Waals surface area contributed by atoms with Gasteiger partial charge in [-0.3, -0.25) is 13.9 Å². The second kappa shape index (κ2) is 11.6. The van der Waals surface area contributed by atoms with Crippen molar-refractivity contribution >= 4 is 43.5 Å². The Morgan fingerprint density at radius 2 is 1.64 bits per heavy atom. The maximum absolute atomic E-state index is 13.5. The van der Waals surface area contributed by atoms with Crippen LogP contribution in [0.15, 0.2) is 53.0 Å². The summed E-state index contributed by atoms with van der Waals surface area (Å²) in [5, 5.41) is 2.82. The second-order valence-corrected chi connectivity index (χ2v) is 10.8. The molecule has 0 saturated carbocycles. The van der Waals surface area contributed by atoms with Crippen LogP contribution in [-0.4, -0.2) is 50.0 Å². The lowest BCUT2D eigenvalue weighted by Crippen LogP contribution is -2.53. The molecule has 0 radical (unpaired) electrons. The van der Waals surface area contributed by atoms with Crippen molar-refractivity contribution in [3.8, 4) is 0 Å². The van der Waals surface area contributed by atoms with E-state index in [2.05, 4.69) is 21.2 Å². The van der Waals surface area contributed by atoms with E-state index in [1.54, 1.807) is 31.2 Å². The Bertz CT molecular complexity index is 1060. The number of halogens is 2.